The van der Waals surface area contributed by atoms with Crippen molar-refractivity contribution in [3.63, 3.8) is 0 Å². The van der Waals surface area contributed by atoms with E-state index in [1.165, 1.54) is 53.2 Å². The molecule has 10 heteroatoms. The van der Waals surface area contributed by atoms with Crippen LogP contribution in [0.15, 0.2) is 393 Å². The molecule has 0 N–H and O–H groups in total. The molecule has 0 fully saturated rings. The van der Waals surface area contributed by atoms with Gasteiger partial charge in [-0.25, -0.2) is 29.9 Å². The lowest BCUT2D eigenvalue weighted by molar-refractivity contribution is 0.666. The zero-order chi connectivity index (χ0) is 74.0. The van der Waals surface area contributed by atoms with Crippen LogP contribution in [0.2, 0.25) is 0 Å². The van der Waals surface area contributed by atoms with Crippen molar-refractivity contribution in [2.75, 3.05) is 0 Å². The molecule has 0 unspecified atom stereocenters. The van der Waals surface area contributed by atoms with Crippen molar-refractivity contribution in [2.45, 2.75) is 0 Å². The van der Waals surface area contributed by atoms with Crippen LogP contribution >= 0.6 is 11.3 Å². The molecule has 0 aliphatic heterocycles. The molecule has 0 spiro atoms. The molecule has 0 aliphatic rings. The summed E-state index contributed by atoms with van der Waals surface area (Å²) in [5.41, 5.74) is 23.2. The van der Waals surface area contributed by atoms with E-state index < -0.39 is 0 Å². The quantitative estimate of drug-likeness (QED) is 0.120. The summed E-state index contributed by atoms with van der Waals surface area (Å²) in [6, 6.07) is 136. The molecule has 0 atom stereocenters. The van der Waals surface area contributed by atoms with Crippen LogP contribution in [0.25, 0.3) is 210 Å². The minimum atomic E-state index is 0.622. The standard InChI is InChI=1S/C51H32N4O.C51H32N4S/c1-4-15-33(16-5-1)36-29-30-43-42(32-36)47-39(24-13-26-44(47)55(43)45-27-14-25-41-40-23-10-11-28-46(40)56-48(41)45)37-21-12-22-38(31-37)51-53-49(34-17-6-2-7-18-34)52-50(54-51)35-19-8-3-9-20-35;1-4-14-33(15-5-1)36-26-29-44-43(31-36)48-40(23-13-24-45(48)55(44)39-27-28-42-41-22-10-11-25-46(41)56-47(42)32-39)37-20-12-21-38(30-37)51-53-49(34-16-6-2-7-17-34)52-50(54-51)35-18-8-3-9-19-35/h2*1-32H. The average molecular weight is 1450 g/mol. The van der Waals surface area contributed by atoms with Gasteiger partial charge in [-0.2, -0.15) is 0 Å². The molecule has 9 nitrogen and oxygen atoms in total. The molecule has 0 aliphatic carbocycles. The molecule has 112 heavy (non-hydrogen) atoms. The van der Waals surface area contributed by atoms with Gasteiger partial charge in [0.2, 0.25) is 0 Å². The first-order chi connectivity index (χ1) is 55.5. The number of furan rings is 1. The largest absolute Gasteiger partial charge is 0.454 e. The molecule has 0 saturated carbocycles. The van der Waals surface area contributed by atoms with E-state index in [0.717, 1.165) is 122 Å². The van der Waals surface area contributed by atoms with Gasteiger partial charge in [-0.15, -0.1) is 11.3 Å². The van der Waals surface area contributed by atoms with Gasteiger partial charge in [0.25, 0.3) is 0 Å². The van der Waals surface area contributed by atoms with Crippen molar-refractivity contribution >= 4 is 97.1 Å². The fourth-order valence-corrected chi connectivity index (χ4v) is 17.2. The maximum atomic E-state index is 6.62. The fraction of sp³-hybridized carbons (Fsp3) is 0. The Morgan fingerprint density at radius 2 is 0.589 bits per heavy atom. The molecule has 6 heterocycles. The number of fused-ring (bicyclic) bond motifs is 12. The predicted octanol–water partition coefficient (Wildman–Crippen LogP) is 26.9. The molecule has 0 amide bonds. The monoisotopic (exact) mass is 1450 g/mol. The highest BCUT2D eigenvalue weighted by Crippen LogP contribution is 2.46. The van der Waals surface area contributed by atoms with Gasteiger partial charge in [0.1, 0.15) is 5.58 Å². The molecule has 0 bridgehead atoms. The number of nitrogens with zero attached hydrogens (tertiary/aromatic N) is 8. The number of benzene rings is 16. The first kappa shape index (κ1) is 65.5. The lowest BCUT2D eigenvalue weighted by atomic mass is 9.96. The minimum Gasteiger partial charge on any atom is -0.454 e. The van der Waals surface area contributed by atoms with E-state index in [2.05, 4.69) is 264 Å². The Morgan fingerprint density at radius 3 is 1.09 bits per heavy atom. The number of hydrogen-bond acceptors (Lipinski definition) is 8. The van der Waals surface area contributed by atoms with Crippen LogP contribution in [-0.4, -0.2) is 39.0 Å². The molecule has 16 aromatic carbocycles. The third kappa shape index (κ3) is 11.7. The fourth-order valence-electron chi connectivity index (χ4n) is 16.1. The van der Waals surface area contributed by atoms with Crippen LogP contribution in [0.4, 0.5) is 0 Å². The van der Waals surface area contributed by atoms with Gasteiger partial charge in [0, 0.05) is 91.6 Å². The molecule has 0 saturated heterocycles. The second-order valence-corrected chi connectivity index (χ2v) is 29.1. The molecule has 22 rings (SSSR count). The second-order valence-electron chi connectivity index (χ2n) is 28.0. The van der Waals surface area contributed by atoms with Crippen molar-refractivity contribution in [2.24, 2.45) is 0 Å². The summed E-state index contributed by atoms with van der Waals surface area (Å²) in [6.45, 7) is 0. The Kier molecular flexibility index (Phi) is 16.2. The van der Waals surface area contributed by atoms with E-state index in [-0.39, 0.29) is 0 Å². The van der Waals surface area contributed by atoms with Gasteiger partial charge in [0.05, 0.1) is 27.8 Å². The highest BCUT2D eigenvalue weighted by Gasteiger charge is 2.24. The van der Waals surface area contributed by atoms with Gasteiger partial charge in [-0.3, -0.25) is 0 Å². The lowest BCUT2D eigenvalue weighted by Crippen LogP contribution is -2.00. The summed E-state index contributed by atoms with van der Waals surface area (Å²) in [7, 11) is 0. The zero-order valence-corrected chi connectivity index (χ0v) is 61.2. The van der Waals surface area contributed by atoms with Gasteiger partial charge in [-0.05, 0) is 123 Å². The van der Waals surface area contributed by atoms with E-state index >= 15 is 0 Å². The Morgan fingerprint density at radius 1 is 0.214 bits per heavy atom. The van der Waals surface area contributed by atoms with Crippen LogP contribution in [-0.2, 0) is 0 Å². The van der Waals surface area contributed by atoms with Crippen LogP contribution in [0, 0.1) is 0 Å². The Balaban J connectivity index is 0.000000141. The molecule has 524 valence electrons. The van der Waals surface area contributed by atoms with Crippen LogP contribution in [0.1, 0.15) is 0 Å². The number of rotatable bonds is 12. The van der Waals surface area contributed by atoms with Gasteiger partial charge in [0.15, 0.2) is 40.5 Å². The SMILES string of the molecule is c1ccc(-c2ccc3c(c2)c2c(-c4cccc(-c5nc(-c6ccccc6)nc(-c6ccccc6)n5)c4)cccc2n3-c2ccc3c(c2)sc2ccccc23)cc1.c1ccc(-c2ccc3c(c2)c2c(-c4cccc(-c5nc(-c6ccccc6)nc(-c6ccccc6)n5)c4)cccc2n3-c2cccc3c2oc2ccccc23)cc1. The summed E-state index contributed by atoms with van der Waals surface area (Å²) in [6.07, 6.45) is 0. The summed E-state index contributed by atoms with van der Waals surface area (Å²) in [5, 5.41) is 9.54. The number of para-hydroxylation sites is 2. The maximum absolute atomic E-state index is 6.62. The number of thiophene rings is 1. The highest BCUT2D eigenvalue weighted by atomic mass is 32.1. The van der Waals surface area contributed by atoms with Crippen LogP contribution < -0.4 is 0 Å². The van der Waals surface area contributed by atoms with Crippen LogP contribution in [0.3, 0.4) is 0 Å². The van der Waals surface area contributed by atoms with Gasteiger partial charge in [-0.1, -0.05) is 309 Å². The van der Waals surface area contributed by atoms with E-state index in [0.29, 0.717) is 34.9 Å². The Bertz CT molecular complexity index is 7250. The summed E-state index contributed by atoms with van der Waals surface area (Å²) >= 11 is 1.85. The van der Waals surface area contributed by atoms with Crippen molar-refractivity contribution in [3.05, 3.63) is 388 Å². The van der Waals surface area contributed by atoms with Gasteiger partial charge >= 0.3 is 0 Å². The molecule has 0 radical (unpaired) electrons. The van der Waals surface area contributed by atoms with Crippen LogP contribution in [0.5, 0.6) is 0 Å². The summed E-state index contributed by atoms with van der Waals surface area (Å²) in [5.74, 6) is 3.83. The van der Waals surface area contributed by atoms with E-state index in [4.69, 9.17) is 34.3 Å². The number of aromatic nitrogens is 8. The van der Waals surface area contributed by atoms with E-state index in [1.807, 2.05) is 145 Å². The first-order valence-electron chi connectivity index (χ1n) is 37.5. The zero-order valence-electron chi connectivity index (χ0n) is 60.3. The summed E-state index contributed by atoms with van der Waals surface area (Å²) < 4.78 is 14.0. The highest BCUT2D eigenvalue weighted by molar-refractivity contribution is 7.25. The van der Waals surface area contributed by atoms with Crippen molar-refractivity contribution in [1.29, 1.82) is 0 Å². The topological polar surface area (TPSA) is 100 Å². The molecule has 22 aromatic rings. The molecule has 6 aromatic heterocycles. The number of hydrogen-bond donors (Lipinski definition) is 0. The van der Waals surface area contributed by atoms with E-state index in [1.54, 1.807) is 0 Å². The Hall–Kier alpha value is -14.8. The Labute approximate surface area is 648 Å². The minimum absolute atomic E-state index is 0.622. The van der Waals surface area contributed by atoms with Crippen molar-refractivity contribution in [3.8, 4) is 124 Å². The molecular weight excluding hydrogens is 1390 g/mol. The second kappa shape index (κ2) is 27.7. The van der Waals surface area contributed by atoms with Crippen molar-refractivity contribution < 1.29 is 4.42 Å². The predicted molar refractivity (Wildman–Crippen MR) is 463 cm³/mol. The third-order valence-corrected chi connectivity index (χ3v) is 22.4. The average Bonchev–Trinajstić information content (AvgIpc) is 1.57. The lowest BCUT2D eigenvalue weighted by Gasteiger charge is -2.11. The maximum Gasteiger partial charge on any atom is 0.164 e. The molecular formula is C102H64N8OS. The smallest absolute Gasteiger partial charge is 0.164 e. The summed E-state index contributed by atoms with van der Waals surface area (Å²) in [4.78, 5) is 30.0. The van der Waals surface area contributed by atoms with Gasteiger partial charge < -0.3 is 13.6 Å². The van der Waals surface area contributed by atoms with E-state index in [9.17, 15) is 0 Å². The van der Waals surface area contributed by atoms with Crippen molar-refractivity contribution in [1.82, 2.24) is 39.0 Å². The normalized spacial score (nSPS) is 11.6. The first-order valence-corrected chi connectivity index (χ1v) is 38.4. The third-order valence-electron chi connectivity index (χ3n) is 21.3.